The summed E-state index contributed by atoms with van der Waals surface area (Å²) in [6.45, 7) is 11.5. The van der Waals surface area contributed by atoms with Crippen LogP contribution in [0.4, 0.5) is 45.5 Å². The van der Waals surface area contributed by atoms with Crippen molar-refractivity contribution in [2.45, 2.75) is 76.7 Å². The van der Waals surface area contributed by atoms with Gasteiger partial charge in [-0.3, -0.25) is 9.88 Å². The summed E-state index contributed by atoms with van der Waals surface area (Å²) in [5.41, 5.74) is 4.07. The first-order valence-electron chi connectivity index (χ1n) is 15.0. The molecule has 1 fully saturated rings. The molecule has 0 aliphatic carbocycles. The van der Waals surface area contributed by atoms with E-state index < -0.39 is 36.4 Å². The lowest BCUT2D eigenvalue weighted by atomic mass is 9.72. The fraction of sp³-hybridized carbons (Fsp3) is 0.500. The van der Waals surface area contributed by atoms with Gasteiger partial charge in [-0.15, -0.1) is 0 Å². The summed E-state index contributed by atoms with van der Waals surface area (Å²) in [6.07, 6.45) is -5.63. The molecule has 0 bridgehead atoms. The number of piperidine rings is 1. The van der Waals surface area contributed by atoms with Crippen LogP contribution in [0.5, 0.6) is 0 Å². The van der Waals surface area contributed by atoms with Gasteiger partial charge in [-0.25, -0.2) is 29.3 Å². The zero-order valence-corrected chi connectivity index (χ0v) is 27.7. The van der Waals surface area contributed by atoms with Gasteiger partial charge < -0.3 is 24.8 Å². The predicted molar refractivity (Wildman–Crippen MR) is 162 cm³/mol. The van der Waals surface area contributed by atoms with Crippen LogP contribution in [0.1, 0.15) is 55.5 Å². The molecule has 1 saturated heterocycles. The molecule has 288 valence electrons. The number of carboxylic acid groups (broad SMARTS) is 3. The van der Waals surface area contributed by atoms with Gasteiger partial charge in [-0.1, -0.05) is 6.07 Å². The minimum atomic E-state index is -5.08. The van der Waals surface area contributed by atoms with Crippen molar-refractivity contribution in [3.8, 4) is 0 Å². The lowest BCUT2D eigenvalue weighted by Crippen LogP contribution is -2.52. The van der Waals surface area contributed by atoms with Crippen molar-refractivity contribution in [1.29, 1.82) is 0 Å². The van der Waals surface area contributed by atoms with E-state index in [-0.39, 0.29) is 5.41 Å². The molecule has 22 heteroatoms. The molecule has 3 aromatic rings. The van der Waals surface area contributed by atoms with Crippen molar-refractivity contribution >= 4 is 23.9 Å². The molecule has 0 amide bonds. The number of aryl methyl sites for hydroxylation is 1. The van der Waals surface area contributed by atoms with Crippen LogP contribution in [0, 0.1) is 6.92 Å². The number of pyridine rings is 1. The van der Waals surface area contributed by atoms with E-state index in [4.69, 9.17) is 34.7 Å². The Balaban J connectivity index is 0.000000365. The van der Waals surface area contributed by atoms with Crippen LogP contribution in [0.15, 0.2) is 43.0 Å². The van der Waals surface area contributed by atoms with Gasteiger partial charge in [-0.05, 0) is 51.3 Å². The summed E-state index contributed by atoms with van der Waals surface area (Å²) < 4.78 is 97.7. The third kappa shape index (κ3) is 12.3. The number of anilines is 1. The third-order valence-corrected chi connectivity index (χ3v) is 7.52. The van der Waals surface area contributed by atoms with Crippen LogP contribution in [-0.4, -0.2) is 101 Å². The summed E-state index contributed by atoms with van der Waals surface area (Å²) in [4.78, 5) is 50.0. The van der Waals surface area contributed by atoms with Gasteiger partial charge in [0.05, 0.1) is 11.4 Å². The summed E-state index contributed by atoms with van der Waals surface area (Å²) in [5, 5.41) is 21.4. The molecule has 0 radical (unpaired) electrons. The lowest BCUT2D eigenvalue weighted by Gasteiger charge is -2.47. The molecule has 3 aromatic heterocycles. The second-order valence-electron chi connectivity index (χ2n) is 11.6. The van der Waals surface area contributed by atoms with E-state index in [1.54, 1.807) is 0 Å². The first-order chi connectivity index (χ1) is 23.9. The highest BCUT2D eigenvalue weighted by molar-refractivity contribution is 5.73. The lowest BCUT2D eigenvalue weighted by molar-refractivity contribution is -0.193. The molecular formula is C30H34F9N7O6. The summed E-state index contributed by atoms with van der Waals surface area (Å²) in [7, 11) is 0. The zero-order valence-electron chi connectivity index (χ0n) is 27.7. The Labute approximate surface area is 289 Å². The topological polar surface area (TPSA) is 175 Å². The number of carbonyl (C=O) groups is 3. The van der Waals surface area contributed by atoms with Crippen molar-refractivity contribution < 1.29 is 69.2 Å². The van der Waals surface area contributed by atoms with Crippen molar-refractivity contribution in [1.82, 2.24) is 29.4 Å². The standard InChI is InChI=1S/C24H31N7.3C2HF3O2/c1-18(2)31-19(3)28-22-21(31)16-29(15-20-6-4-9-25-14-20)17-24(22)7-12-30(13-8-24)23-26-10-5-11-27-23;3*3-2(4,5)1(6)7/h4-6,9-11,14,18H,7-8,12-13,15-17H2,1-3H3;3*(H,6,7). The van der Waals surface area contributed by atoms with Gasteiger partial charge in [0.15, 0.2) is 0 Å². The minimum absolute atomic E-state index is 0.0754. The molecule has 0 unspecified atom stereocenters. The number of imidazole rings is 1. The van der Waals surface area contributed by atoms with Crippen LogP contribution < -0.4 is 4.90 Å². The number of halogens is 9. The van der Waals surface area contributed by atoms with Crippen LogP contribution >= 0.6 is 0 Å². The number of alkyl halides is 9. The van der Waals surface area contributed by atoms with Crippen molar-refractivity contribution in [2.24, 2.45) is 0 Å². The minimum Gasteiger partial charge on any atom is -0.475 e. The highest BCUT2D eigenvalue weighted by Gasteiger charge is 2.46. The SMILES string of the molecule is Cc1nc2c(n1C(C)C)CN(Cc1cccnc1)CC21CCN(c2ncccn2)CC1.O=C(O)C(F)(F)F.O=C(O)C(F)(F)F.O=C(O)C(F)(F)F. The van der Waals surface area contributed by atoms with Gasteiger partial charge in [0.25, 0.3) is 0 Å². The van der Waals surface area contributed by atoms with Crippen molar-refractivity contribution in [3.63, 3.8) is 0 Å². The number of hydrogen-bond donors (Lipinski definition) is 3. The number of carboxylic acids is 3. The monoisotopic (exact) mass is 759 g/mol. The average Bonchev–Trinajstić information content (AvgIpc) is 3.38. The molecule has 3 N–H and O–H groups in total. The molecule has 2 aliphatic heterocycles. The Morgan fingerprint density at radius 2 is 1.31 bits per heavy atom. The van der Waals surface area contributed by atoms with Crippen LogP contribution in [0.25, 0.3) is 0 Å². The van der Waals surface area contributed by atoms with Gasteiger partial charge in [0.1, 0.15) is 5.82 Å². The molecule has 5 heterocycles. The summed E-state index contributed by atoms with van der Waals surface area (Å²) >= 11 is 0. The first kappa shape index (κ1) is 43.1. The fourth-order valence-electron chi connectivity index (χ4n) is 5.47. The predicted octanol–water partition coefficient (Wildman–Crippen LogP) is 5.41. The quantitative estimate of drug-likeness (QED) is 0.289. The van der Waals surface area contributed by atoms with Gasteiger partial charge in [0, 0.05) is 69.0 Å². The molecule has 5 rings (SSSR count). The molecule has 13 nitrogen and oxygen atoms in total. The molecule has 2 aliphatic rings. The molecule has 52 heavy (non-hydrogen) atoms. The van der Waals surface area contributed by atoms with Gasteiger partial charge in [0.2, 0.25) is 5.95 Å². The van der Waals surface area contributed by atoms with E-state index in [1.807, 2.05) is 36.9 Å². The molecule has 1 spiro atoms. The normalized spacial score (nSPS) is 15.6. The maximum atomic E-state index is 10.6. The van der Waals surface area contributed by atoms with Crippen LogP contribution in [0.2, 0.25) is 0 Å². The number of aromatic nitrogens is 5. The zero-order chi connectivity index (χ0) is 39.7. The largest absolute Gasteiger partial charge is 0.490 e. The molecule has 0 aromatic carbocycles. The maximum Gasteiger partial charge on any atom is 0.490 e. The Kier molecular flexibility index (Phi) is 14.5. The smallest absolute Gasteiger partial charge is 0.475 e. The van der Waals surface area contributed by atoms with E-state index in [0.29, 0.717) is 6.04 Å². The van der Waals surface area contributed by atoms with Crippen molar-refractivity contribution in [3.05, 3.63) is 65.8 Å². The highest BCUT2D eigenvalue weighted by Crippen LogP contribution is 2.43. The van der Waals surface area contributed by atoms with Crippen molar-refractivity contribution in [2.75, 3.05) is 24.5 Å². The average molecular weight is 760 g/mol. The Bertz CT molecular complexity index is 1570. The fourth-order valence-corrected chi connectivity index (χ4v) is 5.47. The Morgan fingerprint density at radius 3 is 1.71 bits per heavy atom. The van der Waals surface area contributed by atoms with Gasteiger partial charge in [-0.2, -0.15) is 39.5 Å². The Hall–Kier alpha value is -5.02. The summed E-state index contributed by atoms with van der Waals surface area (Å²) in [5.74, 6) is -6.30. The third-order valence-electron chi connectivity index (χ3n) is 7.52. The number of nitrogens with zero attached hydrogens (tertiary/aromatic N) is 7. The van der Waals surface area contributed by atoms with E-state index in [9.17, 15) is 39.5 Å². The number of hydrogen-bond acceptors (Lipinski definition) is 9. The van der Waals surface area contributed by atoms with E-state index in [0.717, 1.165) is 57.3 Å². The molecular weight excluding hydrogens is 725 g/mol. The Morgan fingerprint density at radius 1 is 0.827 bits per heavy atom. The van der Waals surface area contributed by atoms with Gasteiger partial charge >= 0.3 is 36.4 Å². The van der Waals surface area contributed by atoms with E-state index >= 15 is 0 Å². The number of aliphatic carboxylic acids is 3. The second-order valence-corrected chi connectivity index (χ2v) is 11.6. The maximum absolute atomic E-state index is 10.6. The first-order valence-corrected chi connectivity index (χ1v) is 15.0. The van der Waals surface area contributed by atoms with Crippen LogP contribution in [0.3, 0.4) is 0 Å². The summed E-state index contributed by atoms with van der Waals surface area (Å²) in [6, 6.07) is 6.49. The molecule has 0 atom stereocenters. The highest BCUT2D eigenvalue weighted by atomic mass is 19.4. The number of fused-ring (bicyclic) bond motifs is 2. The number of rotatable bonds is 4. The van der Waals surface area contributed by atoms with E-state index in [2.05, 4.69) is 56.2 Å². The van der Waals surface area contributed by atoms with Crippen LogP contribution in [-0.2, 0) is 32.9 Å². The second kappa shape index (κ2) is 17.5. The van der Waals surface area contributed by atoms with E-state index in [1.165, 1.54) is 17.0 Å². The molecule has 0 saturated carbocycles.